The monoisotopic (exact) mass is 468 g/mol. The first-order valence-corrected chi connectivity index (χ1v) is 11.0. The smallest absolute Gasteiger partial charge is 0.335 e. The van der Waals surface area contributed by atoms with Crippen LogP contribution in [0, 0.1) is 0 Å². The second-order valence-electron chi connectivity index (χ2n) is 7.83. The largest absolute Gasteiger partial charge is 0.479 e. The Bertz CT molecular complexity index is 832. The lowest BCUT2D eigenvalue weighted by atomic mass is 9.99. The number of amides is 2. The van der Waals surface area contributed by atoms with Crippen LogP contribution in [0.3, 0.4) is 0 Å². The molecule has 0 aliphatic carbocycles. The maximum Gasteiger partial charge on any atom is 0.335 e. The minimum atomic E-state index is -1.84. The average molecular weight is 469 g/mol. The number of hydrogen-bond acceptors (Lipinski definition) is 8. The highest BCUT2D eigenvalue weighted by atomic mass is 16.7. The summed E-state index contributed by atoms with van der Waals surface area (Å²) in [5, 5.41) is 44.6. The molecule has 1 heterocycles. The number of carboxylic acid groups (broad SMARTS) is 1. The summed E-state index contributed by atoms with van der Waals surface area (Å²) in [4.78, 5) is 35.3. The summed E-state index contributed by atoms with van der Waals surface area (Å²) >= 11 is 0. The van der Waals surface area contributed by atoms with Crippen molar-refractivity contribution in [3.63, 3.8) is 0 Å². The molecule has 33 heavy (non-hydrogen) atoms. The topological polar surface area (TPSA) is 175 Å². The Hall–Kier alpha value is -2.73. The Morgan fingerprint density at radius 1 is 1.00 bits per heavy atom. The number of ether oxygens (including phenoxy) is 2. The third-order valence-corrected chi connectivity index (χ3v) is 5.06. The van der Waals surface area contributed by atoms with Crippen LogP contribution in [0.4, 0.5) is 5.69 Å². The zero-order chi connectivity index (χ0) is 24.5. The van der Waals surface area contributed by atoms with Gasteiger partial charge >= 0.3 is 5.97 Å². The third kappa shape index (κ3) is 7.39. The summed E-state index contributed by atoms with van der Waals surface area (Å²) in [5.41, 5.74) is 1.16. The van der Waals surface area contributed by atoms with Crippen molar-refractivity contribution in [1.29, 1.82) is 0 Å². The molecule has 1 saturated heterocycles. The lowest BCUT2D eigenvalue weighted by Crippen LogP contribution is -2.61. The van der Waals surface area contributed by atoms with E-state index < -0.39 is 42.6 Å². The second kappa shape index (κ2) is 12.5. The summed E-state index contributed by atoms with van der Waals surface area (Å²) in [6.07, 6.45) is -6.13. The number of benzene rings is 1. The number of aliphatic hydroxyl groups is 3. The number of rotatable bonds is 11. The summed E-state index contributed by atoms with van der Waals surface area (Å²) in [6.45, 7) is 4.03. The fourth-order valence-corrected chi connectivity index (χ4v) is 3.34. The normalized spacial score (nSPS) is 24.7. The van der Waals surface area contributed by atoms with Gasteiger partial charge in [0.15, 0.2) is 6.10 Å². The highest BCUT2D eigenvalue weighted by molar-refractivity contribution is 5.92. The quantitative estimate of drug-likeness (QED) is 0.264. The van der Waals surface area contributed by atoms with Crippen LogP contribution in [0.25, 0.3) is 0 Å². The average Bonchev–Trinajstić information content (AvgIpc) is 2.75. The maximum atomic E-state index is 12.4. The van der Waals surface area contributed by atoms with Gasteiger partial charge in [0.25, 0.3) is 0 Å². The second-order valence-corrected chi connectivity index (χ2v) is 7.83. The SMILES string of the molecule is CCCC(=O)NCCC(=O)Nc1cc(CCC)ccc1O[C@@H]1O[C@H](C(=O)O)[C@@H](O)[C@H](O)[C@H]1O. The predicted octanol–water partition coefficient (Wildman–Crippen LogP) is 0.155. The molecule has 0 bridgehead atoms. The highest BCUT2D eigenvalue weighted by Gasteiger charge is 2.48. The van der Waals surface area contributed by atoms with Crippen LogP contribution in [0.15, 0.2) is 18.2 Å². The van der Waals surface area contributed by atoms with E-state index in [1.807, 2.05) is 13.8 Å². The fraction of sp³-hybridized carbons (Fsp3) is 0.591. The van der Waals surface area contributed by atoms with E-state index in [1.165, 1.54) is 6.07 Å². The molecule has 184 valence electrons. The molecule has 1 aliphatic heterocycles. The standard InChI is InChI=1S/C22H32N2O9/c1-3-5-12-7-8-14(13(11-12)24-16(26)9-10-23-15(25)6-4-2)32-22-19(29)17(27)18(28)20(33-22)21(30)31/h7-8,11,17-20,22,27-29H,3-6,9-10H2,1-2H3,(H,23,25)(H,24,26)(H,30,31)/t17-,18-,19+,20-,22+/m0/s1. The van der Waals surface area contributed by atoms with Gasteiger partial charge in [0, 0.05) is 19.4 Å². The van der Waals surface area contributed by atoms with Crippen LogP contribution in [-0.4, -0.2) is 75.5 Å². The Labute approximate surface area is 191 Å². The van der Waals surface area contributed by atoms with Crippen molar-refractivity contribution < 1.29 is 44.3 Å². The Morgan fingerprint density at radius 2 is 1.73 bits per heavy atom. The van der Waals surface area contributed by atoms with Gasteiger partial charge in [0.05, 0.1) is 5.69 Å². The van der Waals surface area contributed by atoms with E-state index in [4.69, 9.17) is 9.47 Å². The lowest BCUT2D eigenvalue weighted by molar-refractivity contribution is -0.271. The molecule has 0 aromatic heterocycles. The van der Waals surface area contributed by atoms with Crippen LogP contribution in [0.2, 0.25) is 0 Å². The molecule has 2 rings (SSSR count). The first-order valence-electron chi connectivity index (χ1n) is 11.0. The maximum absolute atomic E-state index is 12.4. The van der Waals surface area contributed by atoms with Gasteiger partial charge in [0.2, 0.25) is 18.1 Å². The fourth-order valence-electron chi connectivity index (χ4n) is 3.34. The number of nitrogens with one attached hydrogen (secondary N) is 2. The molecular weight excluding hydrogens is 436 g/mol. The minimum Gasteiger partial charge on any atom is -0.479 e. The number of aliphatic hydroxyl groups excluding tert-OH is 3. The molecule has 1 aromatic carbocycles. The van der Waals surface area contributed by atoms with E-state index in [-0.39, 0.29) is 30.3 Å². The summed E-state index contributed by atoms with van der Waals surface area (Å²) in [6, 6.07) is 4.96. The lowest BCUT2D eigenvalue weighted by Gasteiger charge is -2.38. The summed E-state index contributed by atoms with van der Waals surface area (Å²) in [7, 11) is 0. The van der Waals surface area contributed by atoms with Crippen LogP contribution < -0.4 is 15.4 Å². The van der Waals surface area contributed by atoms with Crippen LogP contribution in [-0.2, 0) is 25.5 Å². The number of anilines is 1. The number of aliphatic carboxylic acids is 1. The van der Waals surface area contributed by atoms with Gasteiger partial charge in [-0.2, -0.15) is 0 Å². The molecule has 1 fully saturated rings. The van der Waals surface area contributed by atoms with Crippen LogP contribution >= 0.6 is 0 Å². The first kappa shape index (κ1) is 26.5. The van der Waals surface area contributed by atoms with Gasteiger partial charge in [-0.15, -0.1) is 0 Å². The summed E-state index contributed by atoms with van der Waals surface area (Å²) in [5.74, 6) is -1.99. The van der Waals surface area contributed by atoms with Crippen molar-refractivity contribution in [3.8, 4) is 5.75 Å². The van der Waals surface area contributed by atoms with E-state index in [0.717, 1.165) is 18.4 Å². The number of hydrogen-bond donors (Lipinski definition) is 6. The molecule has 5 atom stereocenters. The Morgan fingerprint density at radius 3 is 2.36 bits per heavy atom. The predicted molar refractivity (Wildman–Crippen MR) is 117 cm³/mol. The zero-order valence-corrected chi connectivity index (χ0v) is 18.7. The minimum absolute atomic E-state index is 0.0153. The molecule has 11 nitrogen and oxygen atoms in total. The van der Waals surface area contributed by atoms with E-state index in [1.54, 1.807) is 12.1 Å². The van der Waals surface area contributed by atoms with Gasteiger partial charge in [-0.25, -0.2) is 4.79 Å². The Balaban J connectivity index is 2.15. The number of aryl methyl sites for hydroxylation is 1. The molecule has 0 saturated carbocycles. The number of carbonyl (C=O) groups excluding carboxylic acids is 2. The molecule has 2 amide bonds. The molecule has 1 aliphatic rings. The first-order chi connectivity index (χ1) is 15.7. The van der Waals surface area contributed by atoms with E-state index in [0.29, 0.717) is 12.8 Å². The molecule has 0 unspecified atom stereocenters. The third-order valence-electron chi connectivity index (χ3n) is 5.06. The van der Waals surface area contributed by atoms with E-state index in [2.05, 4.69) is 10.6 Å². The zero-order valence-electron chi connectivity index (χ0n) is 18.7. The van der Waals surface area contributed by atoms with Crippen molar-refractivity contribution in [1.82, 2.24) is 5.32 Å². The van der Waals surface area contributed by atoms with Crippen molar-refractivity contribution in [2.75, 3.05) is 11.9 Å². The van der Waals surface area contributed by atoms with E-state index in [9.17, 15) is 34.8 Å². The van der Waals surface area contributed by atoms with Crippen molar-refractivity contribution in [3.05, 3.63) is 23.8 Å². The van der Waals surface area contributed by atoms with Gasteiger partial charge < -0.3 is 40.5 Å². The molecular formula is C22H32N2O9. The Kier molecular flexibility index (Phi) is 10.0. The van der Waals surface area contributed by atoms with Crippen molar-refractivity contribution in [2.45, 2.75) is 76.7 Å². The molecule has 11 heteroatoms. The molecule has 1 aromatic rings. The van der Waals surface area contributed by atoms with Gasteiger partial charge in [0.1, 0.15) is 24.1 Å². The molecule has 0 spiro atoms. The number of carbonyl (C=O) groups is 3. The highest BCUT2D eigenvalue weighted by Crippen LogP contribution is 2.31. The molecule has 0 radical (unpaired) electrons. The van der Waals surface area contributed by atoms with Gasteiger partial charge in [-0.1, -0.05) is 26.3 Å². The van der Waals surface area contributed by atoms with Crippen molar-refractivity contribution in [2.24, 2.45) is 0 Å². The van der Waals surface area contributed by atoms with Gasteiger partial charge in [-0.3, -0.25) is 9.59 Å². The van der Waals surface area contributed by atoms with E-state index >= 15 is 0 Å². The van der Waals surface area contributed by atoms with Crippen LogP contribution in [0.1, 0.15) is 45.1 Å². The molecule has 6 N–H and O–H groups in total. The number of carboxylic acids is 1. The van der Waals surface area contributed by atoms with Crippen LogP contribution in [0.5, 0.6) is 5.75 Å². The van der Waals surface area contributed by atoms with Crippen molar-refractivity contribution >= 4 is 23.5 Å². The van der Waals surface area contributed by atoms with Gasteiger partial charge in [-0.05, 0) is 30.5 Å². The summed E-state index contributed by atoms with van der Waals surface area (Å²) < 4.78 is 10.8.